The van der Waals surface area contributed by atoms with Crippen LogP contribution in [0.3, 0.4) is 0 Å². The molecule has 2 N–H and O–H groups in total. The van der Waals surface area contributed by atoms with E-state index in [-0.39, 0.29) is 42.2 Å². The number of likely N-dealkylation sites (N-methyl/N-ethyl adjacent to an activating group) is 1. The fourth-order valence-electron chi connectivity index (χ4n) is 2.52. The van der Waals surface area contributed by atoms with Crippen molar-refractivity contribution in [2.75, 3.05) is 26.7 Å². The Balaban J connectivity index is 1.82. The normalized spacial score (nSPS) is 21.4. The number of alkyl halides is 3. The van der Waals surface area contributed by atoms with E-state index >= 15 is 0 Å². The number of amidine groups is 1. The topological polar surface area (TPSA) is 66.0 Å². The average Bonchev–Trinajstić information content (AvgIpc) is 2.53. The van der Waals surface area contributed by atoms with Crippen molar-refractivity contribution < 1.29 is 22.7 Å². The molecule has 9 heteroatoms. The third-order valence-corrected chi connectivity index (χ3v) is 4.14. The van der Waals surface area contributed by atoms with E-state index in [4.69, 9.17) is 4.74 Å². The van der Waals surface area contributed by atoms with E-state index in [1.54, 1.807) is 0 Å². The van der Waals surface area contributed by atoms with E-state index in [1.807, 2.05) is 11.9 Å². The van der Waals surface area contributed by atoms with Gasteiger partial charge in [0.15, 0.2) is 5.84 Å². The van der Waals surface area contributed by atoms with Gasteiger partial charge in [0.2, 0.25) is 0 Å². The summed E-state index contributed by atoms with van der Waals surface area (Å²) in [6.45, 7) is 1.11. The number of carbonyl (C=O) groups excluding carboxylic acids is 1. The third-order valence-electron chi connectivity index (χ3n) is 4.14. The van der Waals surface area contributed by atoms with Gasteiger partial charge in [0, 0.05) is 11.6 Å². The smallest absolute Gasteiger partial charge is 0.419 e. The highest BCUT2D eigenvalue weighted by Crippen LogP contribution is 2.37. The molecular weight excluding hydrogens is 325 g/mol. The molecule has 2 heterocycles. The van der Waals surface area contributed by atoms with E-state index in [9.17, 15) is 18.0 Å². The quantitative estimate of drug-likeness (QED) is 0.862. The van der Waals surface area contributed by atoms with Crippen LogP contribution in [0, 0.1) is 0 Å². The molecule has 24 heavy (non-hydrogen) atoms. The Morgan fingerprint density at radius 3 is 2.75 bits per heavy atom. The zero-order valence-corrected chi connectivity index (χ0v) is 13.0. The van der Waals surface area contributed by atoms with Crippen LogP contribution in [0.4, 0.5) is 13.2 Å². The molecule has 1 fully saturated rings. The van der Waals surface area contributed by atoms with Gasteiger partial charge in [-0.05, 0) is 38.2 Å². The Morgan fingerprint density at radius 1 is 1.42 bits per heavy atom. The van der Waals surface area contributed by atoms with E-state index in [0.29, 0.717) is 0 Å². The van der Waals surface area contributed by atoms with Gasteiger partial charge in [0.05, 0.1) is 12.1 Å². The summed E-state index contributed by atoms with van der Waals surface area (Å²) in [5, 5.41) is 6.41. The van der Waals surface area contributed by atoms with Crippen molar-refractivity contribution in [3.05, 3.63) is 29.3 Å². The van der Waals surface area contributed by atoms with Gasteiger partial charge >= 0.3 is 6.18 Å². The van der Waals surface area contributed by atoms with Crippen molar-refractivity contribution >= 4 is 11.7 Å². The Morgan fingerprint density at radius 2 is 2.21 bits per heavy atom. The van der Waals surface area contributed by atoms with Crippen LogP contribution in [0.25, 0.3) is 0 Å². The first kappa shape index (κ1) is 16.6. The van der Waals surface area contributed by atoms with Crippen LogP contribution in [0.5, 0.6) is 5.75 Å². The molecule has 1 amide bonds. The number of nitrogens with zero attached hydrogens (tertiary/aromatic N) is 2. The Hall–Kier alpha value is -2.29. The van der Waals surface area contributed by atoms with Crippen LogP contribution < -0.4 is 15.5 Å². The van der Waals surface area contributed by atoms with Gasteiger partial charge in [0.25, 0.3) is 5.91 Å². The lowest BCUT2D eigenvalue weighted by molar-refractivity contribution is -0.139. The van der Waals surface area contributed by atoms with Gasteiger partial charge in [-0.25, -0.2) is 5.43 Å². The summed E-state index contributed by atoms with van der Waals surface area (Å²) in [7, 11) is 1.91. The predicted octanol–water partition coefficient (Wildman–Crippen LogP) is 1.17. The molecule has 130 valence electrons. The highest BCUT2D eigenvalue weighted by atomic mass is 19.4. The summed E-state index contributed by atoms with van der Waals surface area (Å²) < 4.78 is 45.4. The molecule has 0 saturated carbocycles. The van der Waals surface area contributed by atoms with Crippen molar-refractivity contribution in [2.45, 2.75) is 18.6 Å². The molecular formula is C15H17F3N4O2. The second-order valence-corrected chi connectivity index (χ2v) is 5.79. The maximum absolute atomic E-state index is 13.3. The van der Waals surface area contributed by atoms with Crippen molar-refractivity contribution in [1.82, 2.24) is 15.6 Å². The van der Waals surface area contributed by atoms with E-state index in [2.05, 4.69) is 15.8 Å². The third kappa shape index (κ3) is 3.45. The molecule has 0 radical (unpaired) electrons. The van der Waals surface area contributed by atoms with Crippen molar-refractivity contribution in [1.29, 1.82) is 0 Å². The highest BCUT2D eigenvalue weighted by Gasteiger charge is 2.36. The fraction of sp³-hybridized carbons (Fsp3) is 0.467. The monoisotopic (exact) mass is 342 g/mol. The standard InChI is InChI=1S/C15H17F3N4O2/c1-22-5-4-10(22)8-24-12-3-2-9(6-11(12)15(16,17)18)14-19-7-13(23)20-21-14/h2-3,6,10H,4-5,7-8H2,1H3,(H,19,21)(H,20,23)/t10-/m0/s1. The molecule has 2 aliphatic rings. The molecule has 0 aliphatic carbocycles. The van der Waals surface area contributed by atoms with Gasteiger partial charge in [-0.1, -0.05) is 0 Å². The van der Waals surface area contributed by atoms with Crippen LogP contribution in [-0.2, 0) is 11.0 Å². The lowest BCUT2D eigenvalue weighted by atomic mass is 10.1. The zero-order chi connectivity index (χ0) is 17.3. The Bertz CT molecular complexity index is 675. The largest absolute Gasteiger partial charge is 0.491 e. The number of ether oxygens (including phenoxy) is 1. The van der Waals surface area contributed by atoms with E-state index in [1.165, 1.54) is 12.1 Å². The number of nitrogens with one attached hydrogen (secondary N) is 2. The van der Waals surface area contributed by atoms with Gasteiger partial charge < -0.3 is 10.1 Å². The molecule has 6 nitrogen and oxygen atoms in total. The highest BCUT2D eigenvalue weighted by molar-refractivity contribution is 6.03. The Kier molecular flexibility index (Phi) is 4.35. The number of hydrogen-bond acceptors (Lipinski definition) is 5. The fourth-order valence-corrected chi connectivity index (χ4v) is 2.52. The summed E-state index contributed by atoms with van der Waals surface area (Å²) in [5.74, 6) is -0.364. The SMILES string of the molecule is CN1CC[C@H]1COc1ccc(C2=NNC(=O)CN2)cc1C(F)(F)F. The molecule has 1 saturated heterocycles. The second kappa shape index (κ2) is 6.31. The van der Waals surface area contributed by atoms with Gasteiger partial charge in [-0.2, -0.15) is 18.3 Å². The van der Waals surface area contributed by atoms with Crippen LogP contribution in [0.1, 0.15) is 17.5 Å². The molecule has 0 bridgehead atoms. The Labute approximate surface area is 136 Å². The van der Waals surface area contributed by atoms with Gasteiger partial charge in [0.1, 0.15) is 12.4 Å². The maximum Gasteiger partial charge on any atom is 0.419 e. The number of hydrazone groups is 1. The molecule has 0 aromatic heterocycles. The number of rotatable bonds is 4. The summed E-state index contributed by atoms with van der Waals surface area (Å²) in [5.41, 5.74) is 1.61. The molecule has 0 unspecified atom stereocenters. The average molecular weight is 342 g/mol. The molecule has 0 spiro atoms. The second-order valence-electron chi connectivity index (χ2n) is 5.79. The maximum atomic E-state index is 13.3. The lowest BCUT2D eigenvalue weighted by Gasteiger charge is -2.37. The first-order chi connectivity index (χ1) is 11.3. The molecule has 1 aromatic rings. The number of hydrogen-bond donors (Lipinski definition) is 2. The van der Waals surface area contributed by atoms with Crippen molar-refractivity contribution in [3.63, 3.8) is 0 Å². The molecule has 2 aliphatic heterocycles. The molecule has 3 rings (SSSR count). The van der Waals surface area contributed by atoms with Gasteiger partial charge in [-0.15, -0.1) is 0 Å². The van der Waals surface area contributed by atoms with Gasteiger partial charge in [-0.3, -0.25) is 9.69 Å². The summed E-state index contributed by atoms with van der Waals surface area (Å²) in [4.78, 5) is 13.1. The first-order valence-electron chi connectivity index (χ1n) is 7.49. The minimum atomic E-state index is -4.55. The van der Waals surface area contributed by atoms with Crippen LogP contribution >= 0.6 is 0 Å². The number of likely N-dealkylation sites (tertiary alicyclic amines) is 1. The molecule has 1 aromatic carbocycles. The predicted molar refractivity (Wildman–Crippen MR) is 80.7 cm³/mol. The first-order valence-corrected chi connectivity index (χ1v) is 7.49. The van der Waals surface area contributed by atoms with Crippen LogP contribution in [0.15, 0.2) is 23.3 Å². The summed E-state index contributed by atoms with van der Waals surface area (Å²) in [6.07, 6.45) is -3.63. The van der Waals surface area contributed by atoms with E-state index < -0.39 is 11.7 Å². The summed E-state index contributed by atoms with van der Waals surface area (Å²) in [6, 6.07) is 3.89. The molecule has 1 atom stereocenters. The lowest BCUT2D eigenvalue weighted by Crippen LogP contribution is -2.48. The number of carbonyl (C=O) groups is 1. The van der Waals surface area contributed by atoms with Crippen LogP contribution in [0.2, 0.25) is 0 Å². The zero-order valence-electron chi connectivity index (χ0n) is 13.0. The van der Waals surface area contributed by atoms with Crippen LogP contribution in [-0.4, -0.2) is 49.4 Å². The van der Waals surface area contributed by atoms with Crippen molar-refractivity contribution in [2.24, 2.45) is 5.10 Å². The number of amides is 1. The summed E-state index contributed by atoms with van der Waals surface area (Å²) >= 11 is 0. The minimum absolute atomic E-state index is 0.0353. The number of halogens is 3. The van der Waals surface area contributed by atoms with E-state index in [0.717, 1.165) is 19.0 Å². The number of benzene rings is 1. The minimum Gasteiger partial charge on any atom is -0.491 e. The van der Waals surface area contributed by atoms with Crippen molar-refractivity contribution in [3.8, 4) is 5.75 Å².